The van der Waals surface area contributed by atoms with Crippen LogP contribution in [0.1, 0.15) is 41.8 Å². The first-order valence-electron chi connectivity index (χ1n) is 8.91. The standard InChI is InChI=1S/C20H20N2O3S/c1-2-15(20(24)25-11-13-7-4-3-5-8-13)22-12-21-18-17(19(22)23)14-9-6-10-16(14)26-18/h3-5,7-8,12,15H,2,6,9-11H2,1H3/t15-/m1/s1. The molecule has 1 aliphatic carbocycles. The third-order valence-electron chi connectivity index (χ3n) is 4.87. The molecule has 0 unspecified atom stereocenters. The molecule has 134 valence electrons. The third-order valence-corrected chi connectivity index (χ3v) is 6.07. The van der Waals surface area contributed by atoms with Gasteiger partial charge in [0.15, 0.2) is 0 Å². The number of carbonyl (C=O) groups is 1. The van der Waals surface area contributed by atoms with Crippen LogP contribution in [0.5, 0.6) is 0 Å². The summed E-state index contributed by atoms with van der Waals surface area (Å²) in [5, 5.41) is 0.694. The molecule has 0 aliphatic heterocycles. The minimum atomic E-state index is -0.653. The molecule has 2 aromatic heterocycles. The van der Waals surface area contributed by atoms with Crippen LogP contribution in [0.25, 0.3) is 10.2 Å². The van der Waals surface area contributed by atoms with Crippen LogP contribution in [0.2, 0.25) is 0 Å². The van der Waals surface area contributed by atoms with Crippen molar-refractivity contribution in [2.75, 3.05) is 0 Å². The zero-order valence-electron chi connectivity index (χ0n) is 14.6. The lowest BCUT2D eigenvalue weighted by molar-refractivity contribution is -0.149. The second-order valence-corrected chi connectivity index (χ2v) is 7.60. The van der Waals surface area contributed by atoms with Crippen LogP contribution >= 0.6 is 11.3 Å². The van der Waals surface area contributed by atoms with E-state index >= 15 is 0 Å². The number of aromatic nitrogens is 2. The first-order chi connectivity index (χ1) is 12.7. The van der Waals surface area contributed by atoms with E-state index in [0.717, 1.165) is 35.2 Å². The summed E-state index contributed by atoms with van der Waals surface area (Å²) in [4.78, 5) is 32.1. The van der Waals surface area contributed by atoms with Gasteiger partial charge in [-0.15, -0.1) is 11.3 Å². The van der Waals surface area contributed by atoms with Gasteiger partial charge in [-0.25, -0.2) is 9.78 Å². The van der Waals surface area contributed by atoms with E-state index < -0.39 is 12.0 Å². The van der Waals surface area contributed by atoms with Crippen molar-refractivity contribution in [2.24, 2.45) is 0 Å². The number of hydrogen-bond acceptors (Lipinski definition) is 5. The summed E-state index contributed by atoms with van der Waals surface area (Å²) in [6.45, 7) is 2.08. The highest BCUT2D eigenvalue weighted by Gasteiger charge is 2.26. The van der Waals surface area contributed by atoms with Crippen LogP contribution in [-0.2, 0) is 29.0 Å². The molecule has 6 heteroatoms. The van der Waals surface area contributed by atoms with Crippen molar-refractivity contribution in [2.45, 2.75) is 45.3 Å². The Labute approximate surface area is 155 Å². The number of ether oxygens (including phenoxy) is 1. The lowest BCUT2D eigenvalue weighted by Gasteiger charge is -2.17. The van der Waals surface area contributed by atoms with Gasteiger partial charge in [0.1, 0.15) is 17.5 Å². The van der Waals surface area contributed by atoms with Crippen molar-refractivity contribution in [1.29, 1.82) is 0 Å². The summed E-state index contributed by atoms with van der Waals surface area (Å²) in [5.74, 6) is -0.397. The maximum absolute atomic E-state index is 13.1. The van der Waals surface area contributed by atoms with Gasteiger partial charge >= 0.3 is 5.97 Å². The number of rotatable bonds is 5. The van der Waals surface area contributed by atoms with E-state index in [1.165, 1.54) is 15.8 Å². The smallest absolute Gasteiger partial charge is 0.329 e. The zero-order chi connectivity index (χ0) is 18.1. The third kappa shape index (κ3) is 2.94. The Bertz CT molecular complexity index is 1010. The van der Waals surface area contributed by atoms with Crippen LogP contribution in [0.3, 0.4) is 0 Å². The summed E-state index contributed by atoms with van der Waals surface area (Å²) in [6, 6.07) is 8.88. The highest BCUT2D eigenvalue weighted by Crippen LogP contribution is 2.34. The molecular weight excluding hydrogens is 348 g/mol. The molecule has 0 saturated carbocycles. The molecular formula is C20H20N2O3S. The van der Waals surface area contributed by atoms with Gasteiger partial charge in [0, 0.05) is 4.88 Å². The Morgan fingerprint density at radius 3 is 2.88 bits per heavy atom. The average Bonchev–Trinajstić information content (AvgIpc) is 3.24. The second kappa shape index (κ2) is 7.03. The largest absolute Gasteiger partial charge is 0.459 e. The fourth-order valence-electron chi connectivity index (χ4n) is 3.52. The maximum Gasteiger partial charge on any atom is 0.329 e. The predicted molar refractivity (Wildman–Crippen MR) is 101 cm³/mol. The topological polar surface area (TPSA) is 61.2 Å². The second-order valence-electron chi connectivity index (χ2n) is 6.51. The maximum atomic E-state index is 13.1. The number of thiophene rings is 1. The summed E-state index contributed by atoms with van der Waals surface area (Å²) in [5.41, 5.74) is 1.93. The fraction of sp³-hybridized carbons (Fsp3) is 0.350. The minimum Gasteiger partial charge on any atom is -0.459 e. The Balaban J connectivity index is 1.63. The number of carbonyl (C=O) groups excluding carboxylic acids is 1. The van der Waals surface area contributed by atoms with Gasteiger partial charge in [0.05, 0.1) is 11.7 Å². The van der Waals surface area contributed by atoms with E-state index in [-0.39, 0.29) is 12.2 Å². The van der Waals surface area contributed by atoms with Crippen LogP contribution < -0.4 is 5.56 Å². The van der Waals surface area contributed by atoms with E-state index in [9.17, 15) is 9.59 Å². The Kier molecular flexibility index (Phi) is 4.59. The molecule has 4 rings (SSSR count). The monoisotopic (exact) mass is 368 g/mol. The van der Waals surface area contributed by atoms with Crippen LogP contribution in [0, 0.1) is 0 Å². The molecule has 0 N–H and O–H groups in total. The number of hydrogen-bond donors (Lipinski definition) is 0. The van der Waals surface area contributed by atoms with Gasteiger partial charge in [-0.2, -0.15) is 0 Å². The van der Waals surface area contributed by atoms with Gasteiger partial charge in [-0.3, -0.25) is 9.36 Å². The predicted octanol–water partition coefficient (Wildman–Crippen LogP) is 3.64. The van der Waals surface area contributed by atoms with Crippen molar-refractivity contribution in [1.82, 2.24) is 9.55 Å². The molecule has 3 aromatic rings. The van der Waals surface area contributed by atoms with Crippen LogP contribution in [0.15, 0.2) is 41.5 Å². The molecule has 1 atom stereocenters. The Hall–Kier alpha value is -2.47. The van der Waals surface area contributed by atoms with Crippen molar-refractivity contribution in [3.8, 4) is 0 Å². The van der Waals surface area contributed by atoms with E-state index in [0.29, 0.717) is 11.8 Å². The Morgan fingerprint density at radius 2 is 2.12 bits per heavy atom. The number of benzene rings is 1. The fourth-order valence-corrected chi connectivity index (χ4v) is 4.74. The SMILES string of the molecule is CC[C@H](C(=O)OCc1ccccc1)n1cnc2sc3c(c2c1=O)CCC3. The van der Waals surface area contributed by atoms with Crippen molar-refractivity contribution in [3.05, 3.63) is 63.0 Å². The number of aryl methyl sites for hydroxylation is 2. The lowest BCUT2D eigenvalue weighted by Crippen LogP contribution is -2.31. The number of esters is 1. The molecule has 2 heterocycles. The van der Waals surface area contributed by atoms with Gasteiger partial charge in [0.25, 0.3) is 5.56 Å². The molecule has 1 aromatic carbocycles. The number of nitrogens with zero attached hydrogens (tertiary/aromatic N) is 2. The Morgan fingerprint density at radius 1 is 1.31 bits per heavy atom. The molecule has 26 heavy (non-hydrogen) atoms. The molecule has 0 fully saturated rings. The lowest BCUT2D eigenvalue weighted by atomic mass is 10.2. The van der Waals surface area contributed by atoms with Crippen molar-refractivity contribution < 1.29 is 9.53 Å². The number of fused-ring (bicyclic) bond motifs is 3. The average molecular weight is 368 g/mol. The summed E-state index contributed by atoms with van der Waals surface area (Å²) in [7, 11) is 0. The normalized spacial score (nSPS) is 14.3. The van der Waals surface area contributed by atoms with Gasteiger partial charge in [-0.05, 0) is 36.8 Å². The highest BCUT2D eigenvalue weighted by molar-refractivity contribution is 7.18. The molecule has 0 radical (unpaired) electrons. The first-order valence-corrected chi connectivity index (χ1v) is 9.72. The first kappa shape index (κ1) is 17.0. The quantitative estimate of drug-likeness (QED) is 0.645. The molecule has 0 spiro atoms. The summed E-state index contributed by atoms with van der Waals surface area (Å²) >= 11 is 1.60. The van der Waals surface area contributed by atoms with Crippen molar-refractivity contribution in [3.63, 3.8) is 0 Å². The minimum absolute atomic E-state index is 0.127. The van der Waals surface area contributed by atoms with E-state index in [4.69, 9.17) is 4.74 Å². The summed E-state index contributed by atoms with van der Waals surface area (Å²) < 4.78 is 6.90. The molecule has 5 nitrogen and oxygen atoms in total. The van der Waals surface area contributed by atoms with E-state index in [1.54, 1.807) is 11.3 Å². The van der Waals surface area contributed by atoms with Gasteiger partial charge < -0.3 is 4.74 Å². The van der Waals surface area contributed by atoms with E-state index in [2.05, 4.69) is 4.98 Å². The van der Waals surface area contributed by atoms with Gasteiger partial charge in [0.2, 0.25) is 0 Å². The van der Waals surface area contributed by atoms with Gasteiger partial charge in [-0.1, -0.05) is 37.3 Å². The zero-order valence-corrected chi connectivity index (χ0v) is 15.4. The highest BCUT2D eigenvalue weighted by atomic mass is 32.1. The summed E-state index contributed by atoms with van der Waals surface area (Å²) in [6.07, 6.45) is 5.00. The van der Waals surface area contributed by atoms with Crippen molar-refractivity contribution >= 4 is 27.5 Å². The molecule has 0 amide bonds. The molecule has 0 saturated heterocycles. The van der Waals surface area contributed by atoms with Crippen LogP contribution in [0.4, 0.5) is 0 Å². The van der Waals surface area contributed by atoms with Crippen LogP contribution in [-0.4, -0.2) is 15.5 Å². The molecule has 0 bridgehead atoms. The molecule has 1 aliphatic rings. The van der Waals surface area contributed by atoms with E-state index in [1.807, 2.05) is 37.3 Å².